The standard InChI is InChI=1S/C19H27N5O/c25-19(20-15-6-2-1-3-7-15)14-23-12-10-16(11-13-23)24-18-9-5-4-8-17(18)21-22-24/h4-5,8-9,15-16H,1-3,6-7,10-14H2,(H,20,25). The van der Waals surface area contributed by atoms with Crippen molar-refractivity contribution in [3.63, 3.8) is 0 Å². The lowest BCUT2D eigenvalue weighted by Gasteiger charge is -2.32. The fourth-order valence-corrected chi connectivity index (χ4v) is 4.20. The summed E-state index contributed by atoms with van der Waals surface area (Å²) >= 11 is 0. The van der Waals surface area contributed by atoms with Crippen molar-refractivity contribution in [3.8, 4) is 0 Å². The summed E-state index contributed by atoms with van der Waals surface area (Å²) in [5.41, 5.74) is 2.06. The van der Waals surface area contributed by atoms with Crippen molar-refractivity contribution in [3.05, 3.63) is 24.3 Å². The molecule has 2 aliphatic rings. The molecular weight excluding hydrogens is 314 g/mol. The molecule has 0 atom stereocenters. The monoisotopic (exact) mass is 341 g/mol. The van der Waals surface area contributed by atoms with E-state index < -0.39 is 0 Å². The molecule has 0 bridgehead atoms. The van der Waals surface area contributed by atoms with E-state index in [9.17, 15) is 4.79 Å². The third kappa shape index (κ3) is 3.84. The summed E-state index contributed by atoms with van der Waals surface area (Å²) in [4.78, 5) is 14.6. The topological polar surface area (TPSA) is 63.1 Å². The van der Waals surface area contributed by atoms with Crippen molar-refractivity contribution in [2.75, 3.05) is 19.6 Å². The number of fused-ring (bicyclic) bond motifs is 1. The first-order chi connectivity index (χ1) is 12.3. The second kappa shape index (κ2) is 7.52. The van der Waals surface area contributed by atoms with E-state index in [2.05, 4.69) is 31.3 Å². The average molecular weight is 341 g/mol. The first-order valence-corrected chi connectivity index (χ1v) is 9.61. The van der Waals surface area contributed by atoms with Gasteiger partial charge >= 0.3 is 0 Å². The molecule has 1 aliphatic carbocycles. The fourth-order valence-electron chi connectivity index (χ4n) is 4.20. The van der Waals surface area contributed by atoms with Crippen molar-refractivity contribution in [2.24, 2.45) is 0 Å². The van der Waals surface area contributed by atoms with Crippen LogP contribution in [0, 0.1) is 0 Å². The van der Waals surface area contributed by atoms with Gasteiger partial charge in [-0.2, -0.15) is 0 Å². The van der Waals surface area contributed by atoms with Crippen LogP contribution in [-0.2, 0) is 4.79 Å². The summed E-state index contributed by atoms with van der Waals surface area (Å²) in [6, 6.07) is 8.90. The summed E-state index contributed by atoms with van der Waals surface area (Å²) in [5, 5.41) is 11.8. The largest absolute Gasteiger partial charge is 0.352 e. The summed E-state index contributed by atoms with van der Waals surface area (Å²) in [6.45, 7) is 2.41. The van der Waals surface area contributed by atoms with Crippen LogP contribution >= 0.6 is 0 Å². The number of piperidine rings is 1. The minimum absolute atomic E-state index is 0.191. The first-order valence-electron chi connectivity index (χ1n) is 9.61. The van der Waals surface area contributed by atoms with Gasteiger partial charge in [-0.25, -0.2) is 4.68 Å². The van der Waals surface area contributed by atoms with E-state index >= 15 is 0 Å². The number of likely N-dealkylation sites (tertiary alicyclic amines) is 1. The Morgan fingerprint density at radius 1 is 1.08 bits per heavy atom. The van der Waals surface area contributed by atoms with Gasteiger partial charge in [-0.15, -0.1) is 5.10 Å². The number of hydrogen-bond acceptors (Lipinski definition) is 4. The maximum absolute atomic E-state index is 12.3. The summed E-state index contributed by atoms with van der Waals surface area (Å²) in [5.74, 6) is 0.191. The highest BCUT2D eigenvalue weighted by atomic mass is 16.2. The molecule has 2 fully saturated rings. The first kappa shape index (κ1) is 16.5. The molecule has 1 aromatic carbocycles. The summed E-state index contributed by atoms with van der Waals surface area (Å²) in [7, 11) is 0. The molecule has 1 aromatic heterocycles. The lowest BCUT2D eigenvalue weighted by molar-refractivity contribution is -0.123. The fraction of sp³-hybridized carbons (Fsp3) is 0.632. The number of nitrogens with zero attached hydrogens (tertiary/aromatic N) is 4. The molecule has 2 aromatic rings. The normalized spacial score (nSPS) is 20.8. The zero-order valence-electron chi connectivity index (χ0n) is 14.7. The second-order valence-corrected chi connectivity index (χ2v) is 7.43. The van der Waals surface area contributed by atoms with Crippen molar-refractivity contribution in [2.45, 2.75) is 57.0 Å². The van der Waals surface area contributed by atoms with Gasteiger partial charge < -0.3 is 5.32 Å². The molecule has 2 heterocycles. The predicted molar refractivity (Wildman–Crippen MR) is 97.3 cm³/mol. The van der Waals surface area contributed by atoms with E-state index in [-0.39, 0.29) is 5.91 Å². The number of hydrogen-bond donors (Lipinski definition) is 1. The molecule has 4 rings (SSSR count). The molecule has 6 heteroatoms. The van der Waals surface area contributed by atoms with Crippen LogP contribution in [0.15, 0.2) is 24.3 Å². The number of para-hydroxylation sites is 1. The van der Waals surface area contributed by atoms with Crippen LogP contribution in [0.3, 0.4) is 0 Å². The molecule has 1 N–H and O–H groups in total. The smallest absolute Gasteiger partial charge is 0.234 e. The van der Waals surface area contributed by atoms with Crippen molar-refractivity contribution < 1.29 is 4.79 Å². The van der Waals surface area contributed by atoms with Crippen LogP contribution in [-0.4, -0.2) is 51.5 Å². The molecule has 0 spiro atoms. The predicted octanol–water partition coefficient (Wildman–Crippen LogP) is 2.52. The molecule has 6 nitrogen and oxygen atoms in total. The Morgan fingerprint density at radius 2 is 1.84 bits per heavy atom. The van der Waals surface area contributed by atoms with Gasteiger partial charge in [0.15, 0.2) is 0 Å². The molecule has 134 valence electrons. The highest BCUT2D eigenvalue weighted by molar-refractivity contribution is 5.78. The van der Waals surface area contributed by atoms with E-state index in [1.165, 1.54) is 19.3 Å². The molecule has 0 unspecified atom stereocenters. The minimum Gasteiger partial charge on any atom is -0.352 e. The van der Waals surface area contributed by atoms with Crippen molar-refractivity contribution >= 4 is 16.9 Å². The minimum atomic E-state index is 0.191. The van der Waals surface area contributed by atoms with Crippen LogP contribution in [0.2, 0.25) is 0 Å². The van der Waals surface area contributed by atoms with Gasteiger partial charge in [0.25, 0.3) is 0 Å². The van der Waals surface area contributed by atoms with Gasteiger partial charge in [-0.05, 0) is 37.8 Å². The van der Waals surface area contributed by atoms with Gasteiger partial charge in [-0.1, -0.05) is 36.6 Å². The molecular formula is C19H27N5O. The molecule has 1 saturated heterocycles. The zero-order valence-corrected chi connectivity index (χ0v) is 14.7. The Labute approximate surface area is 148 Å². The van der Waals surface area contributed by atoms with Crippen LogP contribution in [0.4, 0.5) is 0 Å². The Balaban J connectivity index is 1.28. The highest BCUT2D eigenvalue weighted by Gasteiger charge is 2.24. The average Bonchev–Trinajstić information content (AvgIpc) is 3.07. The number of nitrogens with one attached hydrogen (secondary N) is 1. The maximum Gasteiger partial charge on any atom is 0.234 e. The lowest BCUT2D eigenvalue weighted by atomic mass is 9.95. The number of benzene rings is 1. The number of aromatic nitrogens is 3. The summed E-state index contributed by atoms with van der Waals surface area (Å²) in [6.07, 6.45) is 8.15. The van der Waals surface area contributed by atoms with E-state index in [0.717, 1.165) is 49.8 Å². The van der Waals surface area contributed by atoms with Crippen LogP contribution < -0.4 is 5.32 Å². The second-order valence-electron chi connectivity index (χ2n) is 7.43. The zero-order chi connectivity index (χ0) is 17.1. The third-order valence-corrected chi connectivity index (χ3v) is 5.62. The van der Waals surface area contributed by atoms with Crippen molar-refractivity contribution in [1.29, 1.82) is 0 Å². The highest BCUT2D eigenvalue weighted by Crippen LogP contribution is 2.25. The molecule has 0 radical (unpaired) electrons. The van der Waals surface area contributed by atoms with E-state index in [1.54, 1.807) is 0 Å². The number of carbonyl (C=O) groups is 1. The van der Waals surface area contributed by atoms with Crippen LogP contribution in [0.5, 0.6) is 0 Å². The Bertz CT molecular complexity index is 713. The number of amides is 1. The van der Waals surface area contributed by atoms with Gasteiger partial charge in [0.1, 0.15) is 5.52 Å². The van der Waals surface area contributed by atoms with E-state index in [4.69, 9.17) is 0 Å². The third-order valence-electron chi connectivity index (χ3n) is 5.62. The van der Waals surface area contributed by atoms with Crippen molar-refractivity contribution in [1.82, 2.24) is 25.2 Å². The number of rotatable bonds is 4. The van der Waals surface area contributed by atoms with E-state index in [1.807, 2.05) is 18.2 Å². The lowest BCUT2D eigenvalue weighted by Crippen LogP contribution is -2.45. The Kier molecular flexibility index (Phi) is 4.97. The summed E-state index contributed by atoms with van der Waals surface area (Å²) < 4.78 is 2.06. The molecule has 1 aliphatic heterocycles. The van der Waals surface area contributed by atoms with Gasteiger partial charge in [0.2, 0.25) is 5.91 Å². The van der Waals surface area contributed by atoms with Crippen LogP contribution in [0.1, 0.15) is 51.0 Å². The van der Waals surface area contributed by atoms with E-state index in [0.29, 0.717) is 18.6 Å². The Morgan fingerprint density at radius 3 is 2.64 bits per heavy atom. The number of carbonyl (C=O) groups excluding carboxylic acids is 1. The van der Waals surface area contributed by atoms with Gasteiger partial charge in [-0.3, -0.25) is 9.69 Å². The Hall–Kier alpha value is -1.95. The van der Waals surface area contributed by atoms with Gasteiger partial charge in [0, 0.05) is 19.1 Å². The molecule has 25 heavy (non-hydrogen) atoms. The van der Waals surface area contributed by atoms with Gasteiger partial charge in [0.05, 0.1) is 18.1 Å². The SMILES string of the molecule is O=C(CN1CCC(n2nnc3ccccc32)CC1)NC1CCCCC1. The van der Waals surface area contributed by atoms with Crippen LogP contribution in [0.25, 0.3) is 11.0 Å². The maximum atomic E-state index is 12.3. The molecule has 1 amide bonds. The molecule has 1 saturated carbocycles. The quantitative estimate of drug-likeness (QED) is 0.928.